The van der Waals surface area contributed by atoms with E-state index in [0.717, 1.165) is 36.9 Å². The van der Waals surface area contributed by atoms with Gasteiger partial charge in [-0.1, -0.05) is 44.2 Å². The number of quaternary nitrogens is 1. The van der Waals surface area contributed by atoms with Crippen LogP contribution < -0.4 is 22.5 Å². The van der Waals surface area contributed by atoms with Gasteiger partial charge in [0, 0.05) is 0 Å². The molecule has 1 saturated carbocycles. The SMILES string of the molecule is OC1C[NH2+]Cc2c(OCCC3CCCCC3)cccc21.[Cl-]. The summed E-state index contributed by atoms with van der Waals surface area (Å²) >= 11 is 0. The predicted molar refractivity (Wildman–Crippen MR) is 78.6 cm³/mol. The first-order valence-electron chi connectivity index (χ1n) is 8.09. The van der Waals surface area contributed by atoms with Crippen molar-refractivity contribution < 1.29 is 27.6 Å². The first-order valence-corrected chi connectivity index (χ1v) is 8.09. The van der Waals surface area contributed by atoms with E-state index in [1.807, 2.05) is 18.2 Å². The van der Waals surface area contributed by atoms with Gasteiger partial charge in [-0.15, -0.1) is 0 Å². The lowest BCUT2D eigenvalue weighted by Crippen LogP contribution is -3.00. The molecule has 2 aliphatic rings. The summed E-state index contributed by atoms with van der Waals surface area (Å²) in [7, 11) is 0. The highest BCUT2D eigenvalue weighted by Crippen LogP contribution is 2.29. The molecule has 1 unspecified atom stereocenters. The zero-order valence-corrected chi connectivity index (χ0v) is 13.3. The molecule has 1 heterocycles. The maximum absolute atomic E-state index is 10.0. The van der Waals surface area contributed by atoms with Gasteiger partial charge in [-0.3, -0.25) is 0 Å². The van der Waals surface area contributed by atoms with Crippen molar-refractivity contribution in [3.63, 3.8) is 0 Å². The zero-order valence-electron chi connectivity index (χ0n) is 12.6. The summed E-state index contributed by atoms with van der Waals surface area (Å²) in [6.45, 7) is 2.50. The molecule has 0 spiro atoms. The number of hydrogen-bond donors (Lipinski definition) is 2. The second-order valence-corrected chi connectivity index (χ2v) is 6.21. The molecule has 118 valence electrons. The van der Waals surface area contributed by atoms with Gasteiger partial charge in [-0.05, 0) is 24.0 Å². The van der Waals surface area contributed by atoms with Crippen molar-refractivity contribution in [2.24, 2.45) is 5.92 Å². The van der Waals surface area contributed by atoms with Crippen LogP contribution in [-0.2, 0) is 6.54 Å². The average Bonchev–Trinajstić information content (AvgIpc) is 2.49. The Balaban J connectivity index is 0.00000161. The van der Waals surface area contributed by atoms with E-state index >= 15 is 0 Å². The van der Waals surface area contributed by atoms with Gasteiger partial charge >= 0.3 is 0 Å². The molecular weight excluding hydrogens is 286 g/mol. The van der Waals surface area contributed by atoms with E-state index in [2.05, 4.69) is 5.32 Å². The summed E-state index contributed by atoms with van der Waals surface area (Å²) in [6.07, 6.45) is 7.79. The molecule has 1 aromatic rings. The van der Waals surface area contributed by atoms with E-state index in [9.17, 15) is 5.11 Å². The number of rotatable bonds is 4. The minimum atomic E-state index is -0.347. The smallest absolute Gasteiger partial charge is 0.128 e. The maximum atomic E-state index is 10.0. The Hall–Kier alpha value is -0.770. The summed E-state index contributed by atoms with van der Waals surface area (Å²) in [6, 6.07) is 6.08. The van der Waals surface area contributed by atoms with Gasteiger partial charge in [-0.2, -0.15) is 0 Å². The van der Waals surface area contributed by atoms with Crippen LogP contribution in [0.15, 0.2) is 18.2 Å². The van der Waals surface area contributed by atoms with E-state index in [1.165, 1.54) is 44.1 Å². The number of hydrogen-bond acceptors (Lipinski definition) is 2. The monoisotopic (exact) mass is 311 g/mol. The van der Waals surface area contributed by atoms with Crippen LogP contribution >= 0.6 is 0 Å². The summed E-state index contributed by atoms with van der Waals surface area (Å²) in [5.41, 5.74) is 2.25. The molecule has 4 heteroatoms. The van der Waals surface area contributed by atoms with Gasteiger partial charge < -0.3 is 27.6 Å². The number of aliphatic hydroxyl groups is 1. The van der Waals surface area contributed by atoms with Crippen molar-refractivity contribution in [1.82, 2.24) is 0 Å². The van der Waals surface area contributed by atoms with Gasteiger partial charge in [0.05, 0.1) is 12.2 Å². The molecule has 0 amide bonds. The van der Waals surface area contributed by atoms with Gasteiger partial charge in [0.25, 0.3) is 0 Å². The molecule has 3 rings (SSSR count). The lowest BCUT2D eigenvalue weighted by Gasteiger charge is -2.24. The molecule has 3 nitrogen and oxygen atoms in total. The lowest BCUT2D eigenvalue weighted by atomic mass is 9.87. The molecule has 1 aliphatic heterocycles. The van der Waals surface area contributed by atoms with Crippen molar-refractivity contribution in [3.05, 3.63) is 29.3 Å². The second-order valence-electron chi connectivity index (χ2n) is 6.21. The van der Waals surface area contributed by atoms with Crippen LogP contribution in [0.25, 0.3) is 0 Å². The van der Waals surface area contributed by atoms with Crippen LogP contribution in [0.3, 0.4) is 0 Å². The van der Waals surface area contributed by atoms with E-state index in [-0.39, 0.29) is 18.5 Å². The van der Waals surface area contributed by atoms with Crippen molar-refractivity contribution in [2.75, 3.05) is 13.2 Å². The standard InChI is InChI=1S/C17H25NO2.ClH/c19-16-12-18-11-15-14(16)7-4-8-17(15)20-10-9-13-5-2-1-3-6-13;/h4,7-8,13,16,18-19H,1-3,5-6,9-12H2;1H. The van der Waals surface area contributed by atoms with Crippen LogP contribution in [0.4, 0.5) is 0 Å². The highest BCUT2D eigenvalue weighted by molar-refractivity contribution is 5.41. The fraction of sp³-hybridized carbons (Fsp3) is 0.647. The molecule has 1 aromatic carbocycles. The molecule has 1 atom stereocenters. The fourth-order valence-electron chi connectivity index (χ4n) is 3.57. The van der Waals surface area contributed by atoms with E-state index in [1.54, 1.807) is 0 Å². The van der Waals surface area contributed by atoms with Gasteiger partial charge in [0.15, 0.2) is 0 Å². The first-order chi connectivity index (χ1) is 9.84. The topological polar surface area (TPSA) is 46.1 Å². The Morgan fingerprint density at radius 1 is 1.19 bits per heavy atom. The molecule has 1 fully saturated rings. The number of halogens is 1. The second kappa shape index (κ2) is 8.02. The Morgan fingerprint density at radius 3 is 2.81 bits per heavy atom. The summed E-state index contributed by atoms with van der Waals surface area (Å²) < 4.78 is 6.02. The normalized spacial score (nSPS) is 22.2. The lowest BCUT2D eigenvalue weighted by molar-refractivity contribution is -0.681. The molecular formula is C17H26ClNO2. The third-order valence-electron chi connectivity index (χ3n) is 4.78. The summed E-state index contributed by atoms with van der Waals surface area (Å²) in [5.74, 6) is 1.84. The molecule has 0 radical (unpaired) electrons. The van der Waals surface area contributed by atoms with Gasteiger partial charge in [0.2, 0.25) is 0 Å². The fourth-order valence-corrected chi connectivity index (χ4v) is 3.57. The van der Waals surface area contributed by atoms with Crippen molar-refractivity contribution in [2.45, 2.75) is 51.2 Å². The zero-order chi connectivity index (χ0) is 13.8. The quantitative estimate of drug-likeness (QED) is 0.761. The predicted octanol–water partition coefficient (Wildman–Crippen LogP) is -0.850. The van der Waals surface area contributed by atoms with E-state index < -0.39 is 0 Å². The Labute approximate surface area is 133 Å². The Morgan fingerprint density at radius 2 is 2.00 bits per heavy atom. The number of ether oxygens (including phenoxy) is 1. The van der Waals surface area contributed by atoms with E-state index in [0.29, 0.717) is 0 Å². The highest BCUT2D eigenvalue weighted by atomic mass is 35.5. The molecule has 0 bridgehead atoms. The Bertz CT molecular complexity index is 446. The van der Waals surface area contributed by atoms with Gasteiger partial charge in [-0.25, -0.2) is 0 Å². The number of aliphatic hydroxyl groups excluding tert-OH is 1. The summed E-state index contributed by atoms with van der Waals surface area (Å²) in [5, 5.41) is 12.2. The minimum Gasteiger partial charge on any atom is -1.00 e. The third-order valence-corrected chi connectivity index (χ3v) is 4.78. The maximum Gasteiger partial charge on any atom is 0.128 e. The molecule has 0 aromatic heterocycles. The molecule has 0 saturated heterocycles. The number of nitrogens with two attached hydrogens (primary N) is 1. The number of benzene rings is 1. The molecule has 21 heavy (non-hydrogen) atoms. The van der Waals surface area contributed by atoms with Crippen molar-refractivity contribution in [3.8, 4) is 5.75 Å². The van der Waals surface area contributed by atoms with Crippen LogP contribution in [0, 0.1) is 5.92 Å². The van der Waals surface area contributed by atoms with Crippen LogP contribution in [0.2, 0.25) is 0 Å². The van der Waals surface area contributed by atoms with E-state index in [4.69, 9.17) is 4.74 Å². The van der Waals surface area contributed by atoms with Gasteiger partial charge in [0.1, 0.15) is 24.9 Å². The van der Waals surface area contributed by atoms with Crippen LogP contribution in [-0.4, -0.2) is 18.3 Å². The molecule has 3 N–H and O–H groups in total. The largest absolute Gasteiger partial charge is 1.00 e. The average molecular weight is 312 g/mol. The first kappa shape index (κ1) is 16.6. The molecule has 1 aliphatic carbocycles. The van der Waals surface area contributed by atoms with Crippen molar-refractivity contribution in [1.29, 1.82) is 0 Å². The third kappa shape index (κ3) is 4.12. The highest BCUT2D eigenvalue weighted by Gasteiger charge is 2.23. The number of fused-ring (bicyclic) bond motifs is 1. The Kier molecular flexibility index (Phi) is 6.34. The van der Waals surface area contributed by atoms with Crippen molar-refractivity contribution >= 4 is 0 Å². The minimum absolute atomic E-state index is 0. The van der Waals surface area contributed by atoms with Crippen LogP contribution in [0.5, 0.6) is 5.75 Å². The summed E-state index contributed by atoms with van der Waals surface area (Å²) in [4.78, 5) is 0. The van der Waals surface area contributed by atoms with Crippen LogP contribution in [0.1, 0.15) is 55.8 Å².